The van der Waals surface area contributed by atoms with Crippen LogP contribution in [0.15, 0.2) is 24.3 Å². The second kappa shape index (κ2) is 8.92. The molecule has 1 aliphatic rings. The van der Waals surface area contributed by atoms with Gasteiger partial charge in [-0.05, 0) is 30.0 Å². The summed E-state index contributed by atoms with van der Waals surface area (Å²) in [7, 11) is 0. The lowest BCUT2D eigenvalue weighted by molar-refractivity contribution is -0.125. The Balaban J connectivity index is 0.00000312. The maximum Gasteiger partial charge on any atom is 0.255 e. The normalized spacial score (nSPS) is 18.4. The van der Waals surface area contributed by atoms with E-state index in [1.807, 2.05) is 31.2 Å². The van der Waals surface area contributed by atoms with Crippen molar-refractivity contribution in [2.45, 2.75) is 45.2 Å². The van der Waals surface area contributed by atoms with Gasteiger partial charge in [0.1, 0.15) is 6.04 Å². The molecular formula is C18H28ClN3O2S. The predicted octanol–water partition coefficient (Wildman–Crippen LogP) is 2.38. The van der Waals surface area contributed by atoms with Gasteiger partial charge in [-0.2, -0.15) is 0 Å². The van der Waals surface area contributed by atoms with Gasteiger partial charge in [0.25, 0.3) is 5.91 Å². The van der Waals surface area contributed by atoms with E-state index in [9.17, 15) is 9.59 Å². The number of thioether (sulfide) groups is 1. The van der Waals surface area contributed by atoms with Crippen molar-refractivity contribution in [2.24, 2.45) is 5.73 Å². The largest absolute Gasteiger partial charge is 0.351 e. The Morgan fingerprint density at radius 3 is 2.44 bits per heavy atom. The van der Waals surface area contributed by atoms with Gasteiger partial charge in [-0.15, -0.1) is 24.2 Å². The fraction of sp³-hybridized carbons (Fsp3) is 0.556. The molecule has 1 aromatic rings. The van der Waals surface area contributed by atoms with Crippen LogP contribution in [0.3, 0.4) is 0 Å². The summed E-state index contributed by atoms with van der Waals surface area (Å²) in [6, 6.07) is 7.15. The molecule has 1 heterocycles. The quantitative estimate of drug-likeness (QED) is 0.834. The van der Waals surface area contributed by atoms with Crippen LogP contribution in [0.25, 0.3) is 0 Å². The first kappa shape index (κ1) is 21.8. The molecule has 1 aliphatic heterocycles. The Morgan fingerprint density at radius 2 is 1.92 bits per heavy atom. The third kappa shape index (κ3) is 5.36. The number of rotatable bonds is 4. The maximum absolute atomic E-state index is 12.8. The summed E-state index contributed by atoms with van der Waals surface area (Å²) in [4.78, 5) is 26.8. The Kier molecular flexibility index (Phi) is 7.78. The third-order valence-corrected chi connectivity index (χ3v) is 5.20. The first-order valence-electron chi connectivity index (χ1n) is 8.23. The molecule has 0 saturated carbocycles. The van der Waals surface area contributed by atoms with Crippen molar-refractivity contribution in [3.05, 3.63) is 35.4 Å². The maximum atomic E-state index is 12.8. The summed E-state index contributed by atoms with van der Waals surface area (Å²) in [5, 5.41) is 2.87. The first-order chi connectivity index (χ1) is 11.2. The molecule has 0 spiro atoms. The molecule has 5 nitrogen and oxygen atoms in total. The molecule has 140 valence electrons. The van der Waals surface area contributed by atoms with Gasteiger partial charge in [0.05, 0.1) is 5.88 Å². The van der Waals surface area contributed by atoms with E-state index in [2.05, 4.69) is 26.1 Å². The molecule has 3 N–H and O–H groups in total. The van der Waals surface area contributed by atoms with Crippen molar-refractivity contribution in [3.8, 4) is 0 Å². The topological polar surface area (TPSA) is 75.4 Å². The van der Waals surface area contributed by atoms with Crippen LogP contribution in [-0.2, 0) is 10.2 Å². The van der Waals surface area contributed by atoms with Gasteiger partial charge in [0.15, 0.2) is 0 Å². The fourth-order valence-corrected chi connectivity index (χ4v) is 3.69. The van der Waals surface area contributed by atoms with Crippen LogP contribution < -0.4 is 11.1 Å². The summed E-state index contributed by atoms with van der Waals surface area (Å²) >= 11 is 1.60. The predicted molar refractivity (Wildman–Crippen MR) is 106 cm³/mol. The summed E-state index contributed by atoms with van der Waals surface area (Å²) < 4.78 is 0. The highest BCUT2D eigenvalue weighted by Gasteiger charge is 2.35. The van der Waals surface area contributed by atoms with Crippen LogP contribution in [-0.4, -0.2) is 47.0 Å². The summed E-state index contributed by atoms with van der Waals surface area (Å²) in [5.41, 5.74) is 7.40. The van der Waals surface area contributed by atoms with Crippen molar-refractivity contribution in [2.75, 3.05) is 18.2 Å². The summed E-state index contributed by atoms with van der Waals surface area (Å²) in [6.07, 6.45) is 0. The standard InChI is InChI=1S/C18H27N3O2S.ClH/c1-12(9-19)20-16(22)15-10-24-11-21(15)17(23)13-5-7-14(8-6-13)18(2,3)4;/h5-8,12,15H,9-11,19H2,1-4H3,(H,20,22);1H/t12-,15?;/m0./s1. The average Bonchev–Trinajstić information content (AvgIpc) is 3.03. The lowest BCUT2D eigenvalue weighted by atomic mass is 9.86. The highest BCUT2D eigenvalue weighted by atomic mass is 35.5. The number of carbonyl (C=O) groups excluding carboxylic acids is 2. The zero-order valence-corrected chi connectivity index (χ0v) is 16.9. The Labute approximate surface area is 160 Å². The number of hydrogen-bond donors (Lipinski definition) is 2. The van der Waals surface area contributed by atoms with Crippen molar-refractivity contribution < 1.29 is 9.59 Å². The summed E-state index contributed by atoms with van der Waals surface area (Å²) in [6.45, 7) is 8.66. The van der Waals surface area contributed by atoms with E-state index in [1.165, 1.54) is 5.56 Å². The van der Waals surface area contributed by atoms with E-state index in [4.69, 9.17) is 5.73 Å². The van der Waals surface area contributed by atoms with Crippen LogP contribution in [0.4, 0.5) is 0 Å². The molecule has 2 amide bonds. The molecule has 1 aromatic carbocycles. The number of amides is 2. The molecule has 0 aliphatic carbocycles. The van der Waals surface area contributed by atoms with Gasteiger partial charge in [-0.1, -0.05) is 32.9 Å². The zero-order chi connectivity index (χ0) is 17.9. The minimum atomic E-state index is -0.432. The highest BCUT2D eigenvalue weighted by Crippen LogP contribution is 2.26. The second-order valence-corrected chi connectivity index (χ2v) is 8.26. The van der Waals surface area contributed by atoms with Crippen LogP contribution in [0.2, 0.25) is 0 Å². The smallest absolute Gasteiger partial charge is 0.255 e. The molecule has 2 atom stereocenters. The molecular weight excluding hydrogens is 358 g/mol. The van der Waals surface area contributed by atoms with Gasteiger partial charge in [0.2, 0.25) is 5.91 Å². The van der Waals surface area contributed by atoms with Crippen molar-refractivity contribution >= 4 is 36.0 Å². The molecule has 1 unspecified atom stereocenters. The third-order valence-electron chi connectivity index (χ3n) is 4.19. The van der Waals surface area contributed by atoms with E-state index in [0.717, 1.165) is 0 Å². The van der Waals surface area contributed by atoms with E-state index in [1.54, 1.807) is 16.7 Å². The van der Waals surface area contributed by atoms with Gasteiger partial charge in [0, 0.05) is 23.9 Å². The van der Waals surface area contributed by atoms with E-state index >= 15 is 0 Å². The lowest BCUT2D eigenvalue weighted by Crippen LogP contribution is -2.50. The molecule has 1 saturated heterocycles. The highest BCUT2D eigenvalue weighted by molar-refractivity contribution is 7.99. The van der Waals surface area contributed by atoms with Crippen molar-refractivity contribution in [1.82, 2.24) is 10.2 Å². The molecule has 2 rings (SSSR count). The molecule has 1 fully saturated rings. The van der Waals surface area contributed by atoms with E-state index in [0.29, 0.717) is 23.7 Å². The number of halogens is 1. The van der Waals surface area contributed by atoms with Gasteiger partial charge in [-0.3, -0.25) is 9.59 Å². The van der Waals surface area contributed by atoms with Crippen LogP contribution in [0.1, 0.15) is 43.6 Å². The Morgan fingerprint density at radius 1 is 1.32 bits per heavy atom. The fourth-order valence-electron chi connectivity index (χ4n) is 2.54. The number of nitrogens with two attached hydrogens (primary N) is 1. The molecule has 0 aromatic heterocycles. The number of benzene rings is 1. The van der Waals surface area contributed by atoms with Crippen molar-refractivity contribution in [1.29, 1.82) is 0 Å². The number of nitrogens with zero attached hydrogens (tertiary/aromatic N) is 1. The van der Waals surface area contributed by atoms with Crippen LogP contribution >= 0.6 is 24.2 Å². The number of nitrogens with one attached hydrogen (secondary N) is 1. The molecule has 0 bridgehead atoms. The molecule has 0 radical (unpaired) electrons. The Bertz CT molecular complexity index is 601. The van der Waals surface area contributed by atoms with Crippen LogP contribution in [0.5, 0.6) is 0 Å². The number of hydrogen-bond acceptors (Lipinski definition) is 4. The minimum Gasteiger partial charge on any atom is -0.351 e. The van der Waals surface area contributed by atoms with E-state index in [-0.39, 0.29) is 35.7 Å². The molecule has 25 heavy (non-hydrogen) atoms. The van der Waals surface area contributed by atoms with Crippen LogP contribution in [0, 0.1) is 0 Å². The first-order valence-corrected chi connectivity index (χ1v) is 9.39. The van der Waals surface area contributed by atoms with Gasteiger partial charge >= 0.3 is 0 Å². The molecule has 7 heteroatoms. The summed E-state index contributed by atoms with van der Waals surface area (Å²) in [5.74, 6) is 0.933. The number of carbonyl (C=O) groups is 2. The average molecular weight is 386 g/mol. The Hall–Kier alpha value is -1.24. The van der Waals surface area contributed by atoms with E-state index < -0.39 is 6.04 Å². The van der Waals surface area contributed by atoms with Crippen molar-refractivity contribution in [3.63, 3.8) is 0 Å². The van der Waals surface area contributed by atoms with Gasteiger partial charge < -0.3 is 16.0 Å². The zero-order valence-electron chi connectivity index (χ0n) is 15.2. The second-order valence-electron chi connectivity index (χ2n) is 7.26. The monoisotopic (exact) mass is 385 g/mol. The minimum absolute atomic E-state index is 0. The lowest BCUT2D eigenvalue weighted by Gasteiger charge is -2.25. The SMILES string of the molecule is C[C@@H](CN)NC(=O)C1CSCN1C(=O)c1ccc(C(C)(C)C)cc1.Cl. The van der Waals surface area contributed by atoms with Gasteiger partial charge in [-0.25, -0.2) is 0 Å².